The SMILES string of the molecule is CCOc1ccc(Oc2ccccc2NC(=O)CCCNC(=O)c2ccc(F)cc2F)cc1. The predicted molar refractivity (Wildman–Crippen MR) is 121 cm³/mol. The first-order chi connectivity index (χ1) is 16.0. The second kappa shape index (κ2) is 11.6. The van der Waals surface area contributed by atoms with Gasteiger partial charge in [-0.05, 0) is 61.9 Å². The third-order valence-corrected chi connectivity index (χ3v) is 4.57. The zero-order valence-corrected chi connectivity index (χ0v) is 18.1. The molecule has 0 spiro atoms. The number of hydrogen-bond acceptors (Lipinski definition) is 4. The number of carbonyl (C=O) groups is 2. The van der Waals surface area contributed by atoms with Crippen LogP contribution in [0.2, 0.25) is 0 Å². The molecule has 0 unspecified atom stereocenters. The van der Waals surface area contributed by atoms with Crippen LogP contribution in [0.1, 0.15) is 30.1 Å². The van der Waals surface area contributed by atoms with Crippen LogP contribution in [0.3, 0.4) is 0 Å². The van der Waals surface area contributed by atoms with Crippen molar-refractivity contribution in [1.82, 2.24) is 5.32 Å². The van der Waals surface area contributed by atoms with Gasteiger partial charge in [0.25, 0.3) is 5.91 Å². The molecule has 0 atom stereocenters. The predicted octanol–water partition coefficient (Wildman–Crippen LogP) is 5.30. The van der Waals surface area contributed by atoms with Gasteiger partial charge in [0, 0.05) is 19.0 Å². The van der Waals surface area contributed by atoms with Crippen LogP contribution in [0.15, 0.2) is 66.7 Å². The van der Waals surface area contributed by atoms with E-state index in [4.69, 9.17) is 9.47 Å². The van der Waals surface area contributed by atoms with Crippen LogP contribution in [-0.4, -0.2) is 25.0 Å². The van der Waals surface area contributed by atoms with Crippen molar-refractivity contribution in [3.05, 3.63) is 83.9 Å². The fraction of sp³-hybridized carbons (Fsp3) is 0.200. The molecule has 0 aliphatic rings. The summed E-state index contributed by atoms with van der Waals surface area (Å²) in [5, 5.41) is 5.31. The average molecular weight is 454 g/mol. The molecule has 0 fully saturated rings. The number of para-hydroxylation sites is 2. The minimum atomic E-state index is -0.936. The molecule has 0 bridgehead atoms. The van der Waals surface area contributed by atoms with E-state index in [0.29, 0.717) is 36.3 Å². The van der Waals surface area contributed by atoms with Gasteiger partial charge in [-0.25, -0.2) is 8.78 Å². The maximum atomic E-state index is 13.6. The van der Waals surface area contributed by atoms with E-state index in [-0.39, 0.29) is 24.4 Å². The highest BCUT2D eigenvalue weighted by atomic mass is 19.1. The second-order valence-corrected chi connectivity index (χ2v) is 7.03. The summed E-state index contributed by atoms with van der Waals surface area (Å²) >= 11 is 0. The molecule has 3 aromatic rings. The number of halogens is 2. The van der Waals surface area contributed by atoms with Crippen LogP contribution in [-0.2, 0) is 4.79 Å². The lowest BCUT2D eigenvalue weighted by atomic mass is 10.2. The highest BCUT2D eigenvalue weighted by Crippen LogP contribution is 2.30. The summed E-state index contributed by atoms with van der Waals surface area (Å²) in [5.74, 6) is -0.810. The quantitative estimate of drug-likeness (QED) is 0.408. The van der Waals surface area contributed by atoms with Crippen molar-refractivity contribution in [1.29, 1.82) is 0 Å². The molecule has 33 heavy (non-hydrogen) atoms. The molecule has 0 saturated carbocycles. The Morgan fingerprint density at radius 3 is 2.39 bits per heavy atom. The van der Waals surface area contributed by atoms with E-state index < -0.39 is 17.5 Å². The number of rotatable bonds is 10. The molecule has 3 rings (SSSR count). The van der Waals surface area contributed by atoms with Crippen molar-refractivity contribution in [2.45, 2.75) is 19.8 Å². The van der Waals surface area contributed by atoms with Crippen molar-refractivity contribution in [3.8, 4) is 17.2 Å². The van der Waals surface area contributed by atoms with Gasteiger partial charge >= 0.3 is 0 Å². The topological polar surface area (TPSA) is 76.7 Å². The van der Waals surface area contributed by atoms with Gasteiger partial charge in [0.2, 0.25) is 5.91 Å². The zero-order valence-electron chi connectivity index (χ0n) is 18.1. The molecule has 0 aromatic heterocycles. The summed E-state index contributed by atoms with van der Waals surface area (Å²) in [6, 6.07) is 16.9. The number of benzene rings is 3. The first-order valence-electron chi connectivity index (χ1n) is 10.5. The van der Waals surface area contributed by atoms with Gasteiger partial charge in [0.1, 0.15) is 23.1 Å². The van der Waals surface area contributed by atoms with Crippen molar-refractivity contribution >= 4 is 17.5 Å². The fourth-order valence-electron chi connectivity index (χ4n) is 2.99. The largest absolute Gasteiger partial charge is 0.494 e. The summed E-state index contributed by atoms with van der Waals surface area (Å²) < 4.78 is 37.9. The van der Waals surface area contributed by atoms with E-state index in [1.54, 1.807) is 48.5 Å². The Bertz CT molecular complexity index is 1100. The smallest absolute Gasteiger partial charge is 0.254 e. The van der Waals surface area contributed by atoms with E-state index in [1.807, 2.05) is 6.92 Å². The number of nitrogens with one attached hydrogen (secondary N) is 2. The van der Waals surface area contributed by atoms with Crippen LogP contribution >= 0.6 is 0 Å². The summed E-state index contributed by atoms with van der Waals surface area (Å²) in [6.45, 7) is 2.64. The lowest BCUT2D eigenvalue weighted by Gasteiger charge is -2.13. The molecule has 0 radical (unpaired) electrons. The van der Waals surface area contributed by atoms with E-state index in [1.165, 1.54) is 0 Å². The average Bonchev–Trinajstić information content (AvgIpc) is 2.79. The fourth-order valence-corrected chi connectivity index (χ4v) is 2.99. The highest BCUT2D eigenvalue weighted by molar-refractivity contribution is 5.94. The first kappa shape index (κ1) is 23.7. The van der Waals surface area contributed by atoms with Gasteiger partial charge in [-0.15, -0.1) is 0 Å². The van der Waals surface area contributed by atoms with Gasteiger partial charge in [-0.1, -0.05) is 12.1 Å². The Morgan fingerprint density at radius 2 is 1.67 bits per heavy atom. The van der Waals surface area contributed by atoms with Crippen LogP contribution < -0.4 is 20.1 Å². The maximum Gasteiger partial charge on any atom is 0.254 e. The van der Waals surface area contributed by atoms with Crippen molar-refractivity contribution in [2.75, 3.05) is 18.5 Å². The zero-order chi connectivity index (χ0) is 23.6. The van der Waals surface area contributed by atoms with Crippen LogP contribution in [0.25, 0.3) is 0 Å². The number of carbonyl (C=O) groups excluding carboxylic acids is 2. The molecule has 2 N–H and O–H groups in total. The molecule has 0 saturated heterocycles. The third-order valence-electron chi connectivity index (χ3n) is 4.57. The Labute approximate surface area is 190 Å². The molecule has 2 amide bonds. The molecular weight excluding hydrogens is 430 g/mol. The van der Waals surface area contributed by atoms with Crippen LogP contribution in [0.5, 0.6) is 17.2 Å². The molecule has 172 valence electrons. The Kier molecular flexibility index (Phi) is 8.35. The van der Waals surface area contributed by atoms with Crippen molar-refractivity contribution in [3.63, 3.8) is 0 Å². The molecule has 0 heterocycles. The maximum absolute atomic E-state index is 13.6. The van der Waals surface area contributed by atoms with E-state index in [0.717, 1.165) is 17.9 Å². The number of ether oxygens (including phenoxy) is 2. The molecule has 8 heteroatoms. The van der Waals surface area contributed by atoms with Crippen molar-refractivity contribution in [2.24, 2.45) is 0 Å². The minimum absolute atomic E-state index is 0.129. The molecule has 6 nitrogen and oxygen atoms in total. The molecule has 0 aliphatic heterocycles. The Hall–Kier alpha value is -3.94. The lowest BCUT2D eigenvalue weighted by Crippen LogP contribution is -2.26. The number of anilines is 1. The standard InChI is InChI=1S/C25H24F2N2O4/c1-2-32-18-10-12-19(13-11-18)33-23-7-4-3-6-22(23)29-24(30)8-5-15-28-25(31)20-14-9-17(26)16-21(20)27/h3-4,6-7,9-14,16H,2,5,8,15H2,1H3,(H,28,31)(H,29,30). The van der Waals surface area contributed by atoms with E-state index >= 15 is 0 Å². The Balaban J connectivity index is 1.49. The van der Waals surface area contributed by atoms with Crippen molar-refractivity contribution < 1.29 is 27.8 Å². The van der Waals surface area contributed by atoms with Gasteiger partial charge in [-0.3, -0.25) is 9.59 Å². The van der Waals surface area contributed by atoms with Crippen LogP contribution in [0.4, 0.5) is 14.5 Å². The molecule has 0 aliphatic carbocycles. The number of amides is 2. The summed E-state index contributed by atoms with van der Waals surface area (Å²) in [6.07, 6.45) is 0.464. The van der Waals surface area contributed by atoms with Gasteiger partial charge in [-0.2, -0.15) is 0 Å². The highest BCUT2D eigenvalue weighted by Gasteiger charge is 2.13. The van der Waals surface area contributed by atoms with Crippen LogP contribution in [0, 0.1) is 11.6 Å². The van der Waals surface area contributed by atoms with Gasteiger partial charge < -0.3 is 20.1 Å². The van der Waals surface area contributed by atoms with E-state index in [9.17, 15) is 18.4 Å². The van der Waals surface area contributed by atoms with E-state index in [2.05, 4.69) is 10.6 Å². The second-order valence-electron chi connectivity index (χ2n) is 7.03. The first-order valence-corrected chi connectivity index (χ1v) is 10.5. The van der Waals surface area contributed by atoms with Gasteiger partial charge in [0.15, 0.2) is 5.75 Å². The third kappa shape index (κ3) is 7.03. The summed E-state index contributed by atoms with van der Waals surface area (Å²) in [4.78, 5) is 24.3. The molecule has 3 aromatic carbocycles. The van der Waals surface area contributed by atoms with Gasteiger partial charge in [0.05, 0.1) is 17.9 Å². The normalized spacial score (nSPS) is 10.4. The number of hydrogen-bond donors (Lipinski definition) is 2. The summed E-state index contributed by atoms with van der Waals surface area (Å²) in [5.41, 5.74) is 0.259. The monoisotopic (exact) mass is 454 g/mol. The Morgan fingerprint density at radius 1 is 0.939 bits per heavy atom. The molecular formula is C25H24F2N2O4. The lowest BCUT2D eigenvalue weighted by molar-refractivity contribution is -0.116. The summed E-state index contributed by atoms with van der Waals surface area (Å²) in [7, 11) is 0. The minimum Gasteiger partial charge on any atom is -0.494 e.